The highest BCUT2D eigenvalue weighted by Crippen LogP contribution is 2.13. The quantitative estimate of drug-likeness (QED) is 0.722. The maximum atomic E-state index is 5.16. The summed E-state index contributed by atoms with van der Waals surface area (Å²) in [6.45, 7) is 2.17. The first-order valence-corrected chi connectivity index (χ1v) is 5.64. The Balaban J connectivity index is 2.02. The van der Waals surface area contributed by atoms with E-state index in [9.17, 15) is 0 Å². The van der Waals surface area contributed by atoms with Gasteiger partial charge in [-0.25, -0.2) is 0 Å². The van der Waals surface area contributed by atoms with E-state index in [1.165, 1.54) is 12.8 Å². The van der Waals surface area contributed by atoms with E-state index in [0.717, 1.165) is 18.5 Å². The highest BCUT2D eigenvalue weighted by Gasteiger charge is 2.08. The minimum atomic E-state index is 0.576. The van der Waals surface area contributed by atoms with Crippen LogP contribution in [0, 0.1) is 0 Å². The van der Waals surface area contributed by atoms with Gasteiger partial charge in [-0.3, -0.25) is 4.98 Å². The van der Waals surface area contributed by atoms with Crippen molar-refractivity contribution in [3.05, 3.63) is 30.3 Å². The lowest BCUT2D eigenvalue weighted by Gasteiger charge is -1.91. The van der Waals surface area contributed by atoms with E-state index in [0.29, 0.717) is 11.7 Å². The molecule has 2 rings (SSSR count). The van der Waals surface area contributed by atoms with Gasteiger partial charge < -0.3 is 4.52 Å². The van der Waals surface area contributed by atoms with Gasteiger partial charge in [0.05, 0.1) is 0 Å². The second-order valence-corrected chi connectivity index (χ2v) is 3.68. The molecule has 0 aliphatic carbocycles. The highest BCUT2D eigenvalue weighted by atomic mass is 16.5. The molecule has 2 aromatic rings. The number of hydrogen-bond donors (Lipinski definition) is 0. The molecule has 0 aromatic carbocycles. The lowest BCUT2D eigenvalue weighted by atomic mass is 10.2. The van der Waals surface area contributed by atoms with Gasteiger partial charge in [-0.1, -0.05) is 31.0 Å². The zero-order chi connectivity index (χ0) is 11.2. The smallest absolute Gasteiger partial charge is 0.227 e. The Bertz CT molecular complexity index is 425. The minimum Gasteiger partial charge on any atom is -0.339 e. The maximum Gasteiger partial charge on any atom is 0.227 e. The number of rotatable bonds is 5. The highest BCUT2D eigenvalue weighted by molar-refractivity contribution is 5.46. The molecule has 4 nitrogen and oxygen atoms in total. The predicted octanol–water partition coefficient (Wildman–Crippen LogP) is 2.86. The molecule has 0 unspecified atom stereocenters. The monoisotopic (exact) mass is 217 g/mol. The summed E-state index contributed by atoms with van der Waals surface area (Å²) in [5.41, 5.74) is 0.757. The summed E-state index contributed by atoms with van der Waals surface area (Å²) in [5, 5.41) is 3.92. The molecular formula is C12H15N3O. The van der Waals surface area contributed by atoms with Crippen molar-refractivity contribution in [3.63, 3.8) is 0 Å². The molecule has 0 N–H and O–H groups in total. The van der Waals surface area contributed by atoms with Gasteiger partial charge in [0.1, 0.15) is 5.69 Å². The van der Waals surface area contributed by atoms with Crippen molar-refractivity contribution in [2.24, 2.45) is 0 Å². The number of nitrogens with zero attached hydrogens (tertiary/aromatic N) is 3. The molecule has 0 amide bonds. The summed E-state index contributed by atoms with van der Waals surface area (Å²) in [6, 6.07) is 5.65. The van der Waals surface area contributed by atoms with Crippen molar-refractivity contribution in [1.29, 1.82) is 0 Å². The fraction of sp³-hybridized carbons (Fsp3) is 0.417. The van der Waals surface area contributed by atoms with Gasteiger partial charge in [-0.2, -0.15) is 4.98 Å². The second-order valence-electron chi connectivity index (χ2n) is 3.68. The maximum absolute atomic E-state index is 5.16. The van der Waals surface area contributed by atoms with E-state index in [1.807, 2.05) is 18.2 Å². The van der Waals surface area contributed by atoms with Crippen LogP contribution < -0.4 is 0 Å². The van der Waals surface area contributed by atoms with Crippen molar-refractivity contribution < 1.29 is 4.52 Å². The molecule has 0 saturated heterocycles. The van der Waals surface area contributed by atoms with E-state index in [1.54, 1.807) is 6.20 Å². The van der Waals surface area contributed by atoms with Crippen molar-refractivity contribution >= 4 is 0 Å². The zero-order valence-electron chi connectivity index (χ0n) is 9.39. The number of aryl methyl sites for hydroxylation is 1. The Morgan fingerprint density at radius 3 is 2.94 bits per heavy atom. The van der Waals surface area contributed by atoms with Gasteiger partial charge in [-0.15, -0.1) is 0 Å². The van der Waals surface area contributed by atoms with Gasteiger partial charge >= 0.3 is 0 Å². The van der Waals surface area contributed by atoms with Gasteiger partial charge in [0.25, 0.3) is 0 Å². The van der Waals surface area contributed by atoms with Gasteiger partial charge in [0.2, 0.25) is 11.7 Å². The van der Waals surface area contributed by atoms with Crippen LogP contribution in [0.5, 0.6) is 0 Å². The molecule has 16 heavy (non-hydrogen) atoms. The van der Waals surface area contributed by atoms with Crippen LogP contribution in [0.1, 0.15) is 32.1 Å². The second kappa shape index (κ2) is 5.39. The molecule has 2 aromatic heterocycles. The molecule has 0 aliphatic heterocycles. The molecule has 2 heterocycles. The van der Waals surface area contributed by atoms with Gasteiger partial charge in [0, 0.05) is 12.6 Å². The first-order chi connectivity index (χ1) is 7.90. The molecule has 0 bridgehead atoms. The molecule has 0 spiro atoms. The predicted molar refractivity (Wildman–Crippen MR) is 60.8 cm³/mol. The fourth-order valence-electron chi connectivity index (χ4n) is 1.48. The average molecular weight is 217 g/mol. The van der Waals surface area contributed by atoms with Gasteiger partial charge in [-0.05, 0) is 18.6 Å². The Labute approximate surface area is 94.7 Å². The average Bonchev–Trinajstić information content (AvgIpc) is 2.79. The Hall–Kier alpha value is -1.71. The Morgan fingerprint density at radius 2 is 2.19 bits per heavy atom. The molecule has 0 aliphatic rings. The third kappa shape index (κ3) is 2.66. The molecule has 84 valence electrons. The van der Waals surface area contributed by atoms with Crippen LogP contribution in [0.2, 0.25) is 0 Å². The largest absolute Gasteiger partial charge is 0.339 e. The molecule has 0 saturated carbocycles. The fourth-order valence-corrected chi connectivity index (χ4v) is 1.48. The SMILES string of the molecule is CCCCCc1nc(-c2ccccn2)no1. The van der Waals surface area contributed by atoms with E-state index in [2.05, 4.69) is 22.0 Å². The van der Waals surface area contributed by atoms with Crippen LogP contribution in [0.25, 0.3) is 11.5 Å². The molecular weight excluding hydrogens is 202 g/mol. The van der Waals surface area contributed by atoms with Crippen molar-refractivity contribution in [3.8, 4) is 11.5 Å². The van der Waals surface area contributed by atoms with E-state index < -0.39 is 0 Å². The standard InChI is InChI=1S/C12H15N3O/c1-2-3-4-8-11-14-12(15-16-11)10-7-5-6-9-13-10/h5-7,9H,2-4,8H2,1H3. The lowest BCUT2D eigenvalue weighted by molar-refractivity contribution is 0.374. The van der Waals surface area contributed by atoms with Crippen molar-refractivity contribution in [2.45, 2.75) is 32.6 Å². The van der Waals surface area contributed by atoms with Crippen LogP contribution in [0.3, 0.4) is 0 Å². The van der Waals surface area contributed by atoms with Crippen LogP contribution in [-0.2, 0) is 6.42 Å². The number of unbranched alkanes of at least 4 members (excludes halogenated alkanes) is 2. The van der Waals surface area contributed by atoms with Crippen LogP contribution in [0.4, 0.5) is 0 Å². The van der Waals surface area contributed by atoms with Crippen molar-refractivity contribution in [2.75, 3.05) is 0 Å². The summed E-state index contributed by atoms with van der Waals surface area (Å²) in [4.78, 5) is 8.49. The molecule has 0 atom stereocenters. The summed E-state index contributed by atoms with van der Waals surface area (Å²) in [6.07, 6.45) is 6.07. The normalized spacial score (nSPS) is 10.6. The van der Waals surface area contributed by atoms with Crippen LogP contribution >= 0.6 is 0 Å². The third-order valence-corrected chi connectivity index (χ3v) is 2.36. The molecule has 0 radical (unpaired) electrons. The van der Waals surface area contributed by atoms with E-state index in [-0.39, 0.29) is 0 Å². The lowest BCUT2D eigenvalue weighted by Crippen LogP contribution is -1.87. The first-order valence-electron chi connectivity index (χ1n) is 5.64. The molecule has 4 heteroatoms. The zero-order valence-corrected chi connectivity index (χ0v) is 9.39. The number of aromatic nitrogens is 3. The number of hydrogen-bond acceptors (Lipinski definition) is 4. The Morgan fingerprint density at radius 1 is 1.25 bits per heavy atom. The summed E-state index contributed by atoms with van der Waals surface area (Å²) in [7, 11) is 0. The topological polar surface area (TPSA) is 51.8 Å². The van der Waals surface area contributed by atoms with Crippen molar-refractivity contribution in [1.82, 2.24) is 15.1 Å². The van der Waals surface area contributed by atoms with E-state index in [4.69, 9.17) is 4.52 Å². The van der Waals surface area contributed by atoms with E-state index >= 15 is 0 Å². The van der Waals surface area contributed by atoms with Gasteiger partial charge in [0.15, 0.2) is 0 Å². The van der Waals surface area contributed by atoms with Crippen LogP contribution in [0.15, 0.2) is 28.9 Å². The summed E-state index contributed by atoms with van der Waals surface area (Å²) < 4.78 is 5.16. The summed E-state index contributed by atoms with van der Waals surface area (Å²) in [5.74, 6) is 1.28. The van der Waals surface area contributed by atoms with Crippen LogP contribution in [-0.4, -0.2) is 15.1 Å². The molecule has 0 fully saturated rings. The third-order valence-electron chi connectivity index (χ3n) is 2.36. The minimum absolute atomic E-state index is 0.576. The summed E-state index contributed by atoms with van der Waals surface area (Å²) >= 11 is 0. The first kappa shape index (κ1) is 10.8. The number of pyridine rings is 1. The Kier molecular flexibility index (Phi) is 3.64.